The van der Waals surface area contributed by atoms with E-state index in [1.165, 1.54) is 12.8 Å². The van der Waals surface area contributed by atoms with Gasteiger partial charge in [-0.25, -0.2) is 0 Å². The van der Waals surface area contributed by atoms with Crippen molar-refractivity contribution in [3.8, 4) is 0 Å². The Morgan fingerprint density at radius 1 is 1.18 bits per heavy atom. The SMILES string of the molecule is CCCCCNC(=O)C(C)NCCCN(C)C. The van der Waals surface area contributed by atoms with Gasteiger partial charge in [0.15, 0.2) is 0 Å². The lowest BCUT2D eigenvalue weighted by atomic mass is 10.2. The lowest BCUT2D eigenvalue weighted by molar-refractivity contribution is -0.122. The van der Waals surface area contributed by atoms with Gasteiger partial charge in [0.25, 0.3) is 0 Å². The van der Waals surface area contributed by atoms with E-state index in [2.05, 4.69) is 36.6 Å². The van der Waals surface area contributed by atoms with Crippen molar-refractivity contribution in [2.75, 3.05) is 33.7 Å². The monoisotopic (exact) mass is 243 g/mol. The number of hydrogen-bond acceptors (Lipinski definition) is 3. The van der Waals surface area contributed by atoms with Crippen molar-refractivity contribution < 1.29 is 4.79 Å². The molecule has 2 N–H and O–H groups in total. The largest absolute Gasteiger partial charge is 0.355 e. The molecule has 0 saturated carbocycles. The number of nitrogens with one attached hydrogen (secondary N) is 2. The van der Waals surface area contributed by atoms with Crippen LogP contribution in [0.4, 0.5) is 0 Å². The second-order valence-corrected chi connectivity index (χ2v) is 4.83. The molecule has 1 atom stereocenters. The fourth-order valence-corrected chi connectivity index (χ4v) is 1.55. The number of amides is 1. The minimum absolute atomic E-state index is 0.0845. The predicted octanol–water partition coefficient (Wildman–Crippen LogP) is 1.22. The maximum atomic E-state index is 11.7. The summed E-state index contributed by atoms with van der Waals surface area (Å²) in [6.45, 7) is 6.83. The van der Waals surface area contributed by atoms with Gasteiger partial charge >= 0.3 is 0 Å². The zero-order valence-corrected chi connectivity index (χ0v) is 11.9. The summed E-state index contributed by atoms with van der Waals surface area (Å²) < 4.78 is 0. The second-order valence-electron chi connectivity index (χ2n) is 4.83. The van der Waals surface area contributed by atoms with Gasteiger partial charge in [0.2, 0.25) is 5.91 Å². The van der Waals surface area contributed by atoms with Crippen LogP contribution in [0.25, 0.3) is 0 Å². The quantitative estimate of drug-likeness (QED) is 0.567. The summed E-state index contributed by atoms with van der Waals surface area (Å²) in [5, 5.41) is 6.19. The van der Waals surface area contributed by atoms with Crippen molar-refractivity contribution in [2.24, 2.45) is 0 Å². The van der Waals surface area contributed by atoms with Crippen LogP contribution in [0.3, 0.4) is 0 Å². The highest BCUT2D eigenvalue weighted by Crippen LogP contribution is 1.92. The first-order valence-electron chi connectivity index (χ1n) is 6.73. The van der Waals surface area contributed by atoms with Gasteiger partial charge in [0.05, 0.1) is 6.04 Å². The summed E-state index contributed by atoms with van der Waals surface area (Å²) >= 11 is 0. The van der Waals surface area contributed by atoms with Gasteiger partial charge in [-0.15, -0.1) is 0 Å². The van der Waals surface area contributed by atoms with E-state index in [9.17, 15) is 4.79 Å². The van der Waals surface area contributed by atoms with Crippen LogP contribution in [0.15, 0.2) is 0 Å². The van der Waals surface area contributed by atoms with Crippen LogP contribution in [0.1, 0.15) is 39.5 Å². The molecular formula is C13H29N3O. The Kier molecular flexibility index (Phi) is 10.2. The number of unbranched alkanes of at least 4 members (excludes halogenated alkanes) is 2. The number of carbonyl (C=O) groups is 1. The summed E-state index contributed by atoms with van der Waals surface area (Å²) in [6, 6.07) is -0.0845. The fourth-order valence-electron chi connectivity index (χ4n) is 1.55. The summed E-state index contributed by atoms with van der Waals surface area (Å²) in [5.41, 5.74) is 0. The molecule has 0 heterocycles. The average Bonchev–Trinajstić information content (AvgIpc) is 2.29. The highest BCUT2D eigenvalue weighted by Gasteiger charge is 2.10. The lowest BCUT2D eigenvalue weighted by Gasteiger charge is -2.15. The van der Waals surface area contributed by atoms with Crippen LogP contribution in [-0.2, 0) is 4.79 Å². The van der Waals surface area contributed by atoms with Crippen LogP contribution in [0.2, 0.25) is 0 Å². The Morgan fingerprint density at radius 2 is 1.88 bits per heavy atom. The molecule has 0 spiro atoms. The first kappa shape index (κ1) is 16.4. The molecule has 0 aromatic carbocycles. The third-order valence-electron chi connectivity index (χ3n) is 2.71. The molecule has 0 rings (SSSR count). The normalized spacial score (nSPS) is 12.8. The zero-order chi connectivity index (χ0) is 13.1. The van der Waals surface area contributed by atoms with E-state index in [1.54, 1.807) is 0 Å². The van der Waals surface area contributed by atoms with E-state index in [-0.39, 0.29) is 11.9 Å². The van der Waals surface area contributed by atoms with Crippen LogP contribution in [0.5, 0.6) is 0 Å². The van der Waals surface area contributed by atoms with E-state index < -0.39 is 0 Å². The highest BCUT2D eigenvalue weighted by atomic mass is 16.2. The molecule has 0 aromatic heterocycles. The smallest absolute Gasteiger partial charge is 0.236 e. The number of rotatable bonds is 10. The Bertz CT molecular complexity index is 195. The molecule has 4 nitrogen and oxygen atoms in total. The van der Waals surface area contributed by atoms with Gasteiger partial charge in [-0.2, -0.15) is 0 Å². The molecule has 17 heavy (non-hydrogen) atoms. The van der Waals surface area contributed by atoms with E-state index in [1.807, 2.05) is 6.92 Å². The second kappa shape index (κ2) is 10.5. The summed E-state index contributed by atoms with van der Waals surface area (Å²) in [7, 11) is 4.12. The average molecular weight is 243 g/mol. The van der Waals surface area contributed by atoms with Crippen molar-refractivity contribution in [3.63, 3.8) is 0 Å². The van der Waals surface area contributed by atoms with Gasteiger partial charge < -0.3 is 15.5 Å². The Labute approximate surface area is 106 Å². The van der Waals surface area contributed by atoms with Gasteiger partial charge in [-0.05, 0) is 47.0 Å². The highest BCUT2D eigenvalue weighted by molar-refractivity contribution is 5.81. The summed E-state index contributed by atoms with van der Waals surface area (Å²) in [6.07, 6.45) is 4.52. The maximum Gasteiger partial charge on any atom is 0.236 e. The molecule has 0 radical (unpaired) electrons. The minimum atomic E-state index is -0.0845. The molecule has 102 valence electrons. The molecule has 0 fully saturated rings. The van der Waals surface area contributed by atoms with Gasteiger partial charge in [-0.3, -0.25) is 4.79 Å². The van der Waals surface area contributed by atoms with Crippen molar-refractivity contribution >= 4 is 5.91 Å². The van der Waals surface area contributed by atoms with E-state index in [0.717, 1.165) is 32.5 Å². The van der Waals surface area contributed by atoms with Crippen LogP contribution < -0.4 is 10.6 Å². The topological polar surface area (TPSA) is 44.4 Å². The number of nitrogens with zero attached hydrogens (tertiary/aromatic N) is 1. The molecule has 0 aromatic rings. The molecule has 0 aliphatic rings. The standard InChI is InChI=1S/C13H29N3O/c1-5-6-7-9-15-13(17)12(2)14-10-8-11-16(3)4/h12,14H,5-11H2,1-4H3,(H,15,17). The first-order chi connectivity index (χ1) is 8.07. The van der Waals surface area contributed by atoms with E-state index in [4.69, 9.17) is 0 Å². The van der Waals surface area contributed by atoms with Gasteiger partial charge in [-0.1, -0.05) is 19.8 Å². The van der Waals surface area contributed by atoms with Crippen LogP contribution in [0, 0.1) is 0 Å². The Hall–Kier alpha value is -0.610. The third kappa shape index (κ3) is 10.3. The fraction of sp³-hybridized carbons (Fsp3) is 0.923. The van der Waals surface area contributed by atoms with Crippen molar-refractivity contribution in [1.29, 1.82) is 0 Å². The number of carbonyl (C=O) groups excluding carboxylic acids is 1. The molecule has 4 heteroatoms. The summed E-state index contributed by atoms with van der Waals surface area (Å²) in [5.74, 6) is 0.117. The van der Waals surface area contributed by atoms with Gasteiger partial charge in [0, 0.05) is 6.54 Å². The molecule has 1 amide bonds. The van der Waals surface area contributed by atoms with E-state index >= 15 is 0 Å². The zero-order valence-electron chi connectivity index (χ0n) is 11.9. The Balaban J connectivity index is 3.47. The third-order valence-corrected chi connectivity index (χ3v) is 2.71. The molecular weight excluding hydrogens is 214 g/mol. The van der Waals surface area contributed by atoms with Crippen molar-refractivity contribution in [1.82, 2.24) is 15.5 Å². The lowest BCUT2D eigenvalue weighted by Crippen LogP contribution is -2.43. The molecule has 0 saturated heterocycles. The first-order valence-corrected chi connectivity index (χ1v) is 6.73. The van der Waals surface area contributed by atoms with Crippen LogP contribution >= 0.6 is 0 Å². The molecule has 0 aliphatic heterocycles. The van der Waals surface area contributed by atoms with Crippen molar-refractivity contribution in [2.45, 2.75) is 45.6 Å². The maximum absolute atomic E-state index is 11.7. The molecule has 0 bridgehead atoms. The Morgan fingerprint density at radius 3 is 2.47 bits per heavy atom. The number of hydrogen-bond donors (Lipinski definition) is 2. The summed E-state index contributed by atoms with van der Waals surface area (Å²) in [4.78, 5) is 13.8. The van der Waals surface area contributed by atoms with Crippen LogP contribution in [-0.4, -0.2) is 50.6 Å². The van der Waals surface area contributed by atoms with Gasteiger partial charge in [0.1, 0.15) is 0 Å². The van der Waals surface area contributed by atoms with E-state index in [0.29, 0.717) is 0 Å². The molecule has 1 unspecified atom stereocenters. The predicted molar refractivity (Wildman–Crippen MR) is 73.2 cm³/mol. The molecule has 0 aliphatic carbocycles. The van der Waals surface area contributed by atoms with Crippen molar-refractivity contribution in [3.05, 3.63) is 0 Å². The minimum Gasteiger partial charge on any atom is -0.355 e.